The summed E-state index contributed by atoms with van der Waals surface area (Å²) in [4.78, 5) is 25.0. The number of hydrogen-bond donors (Lipinski definition) is 2. The van der Waals surface area contributed by atoms with Crippen LogP contribution in [0.4, 0.5) is 4.79 Å². The molecule has 19 heavy (non-hydrogen) atoms. The Kier molecular flexibility index (Phi) is 5.60. The Balaban J connectivity index is 2.33. The summed E-state index contributed by atoms with van der Waals surface area (Å²) in [6.45, 7) is 7.18. The van der Waals surface area contributed by atoms with E-state index < -0.39 is 5.60 Å². The number of nitrogens with one attached hydrogen (secondary N) is 1. The van der Waals surface area contributed by atoms with Crippen LogP contribution < -0.4 is 11.1 Å². The summed E-state index contributed by atoms with van der Waals surface area (Å²) in [5.41, 5.74) is 4.87. The highest BCUT2D eigenvalue weighted by molar-refractivity contribution is 5.76. The number of hydrogen-bond acceptors (Lipinski definition) is 4. The smallest absolute Gasteiger partial charge is 0.410 e. The molecule has 1 aliphatic heterocycles. The molecule has 0 aliphatic carbocycles. The molecule has 0 radical (unpaired) electrons. The first-order chi connectivity index (χ1) is 8.81. The number of nitrogens with zero attached hydrogens (tertiary/aromatic N) is 1. The van der Waals surface area contributed by atoms with Crippen LogP contribution in [0.1, 0.15) is 40.0 Å². The van der Waals surface area contributed by atoms with Gasteiger partial charge in [0.15, 0.2) is 0 Å². The average molecular weight is 271 g/mol. The van der Waals surface area contributed by atoms with Crippen LogP contribution in [0.5, 0.6) is 0 Å². The van der Waals surface area contributed by atoms with Crippen LogP contribution in [0.15, 0.2) is 0 Å². The maximum absolute atomic E-state index is 11.8. The fourth-order valence-electron chi connectivity index (χ4n) is 1.93. The highest BCUT2D eigenvalue weighted by Crippen LogP contribution is 2.15. The highest BCUT2D eigenvalue weighted by Gasteiger charge is 2.30. The molecule has 1 rings (SSSR count). The number of ether oxygens (including phenoxy) is 1. The van der Waals surface area contributed by atoms with E-state index in [4.69, 9.17) is 10.5 Å². The molecule has 3 N–H and O–H groups in total. The molecule has 1 heterocycles. The molecule has 110 valence electrons. The zero-order valence-electron chi connectivity index (χ0n) is 12.1. The maximum atomic E-state index is 11.8. The van der Waals surface area contributed by atoms with Crippen molar-refractivity contribution in [3.8, 4) is 0 Å². The molecule has 1 saturated heterocycles. The van der Waals surface area contributed by atoms with Gasteiger partial charge in [-0.25, -0.2) is 4.79 Å². The van der Waals surface area contributed by atoms with Gasteiger partial charge < -0.3 is 20.7 Å². The lowest BCUT2D eigenvalue weighted by atomic mass is 10.2. The van der Waals surface area contributed by atoms with Gasteiger partial charge in [-0.1, -0.05) is 0 Å². The van der Waals surface area contributed by atoms with Gasteiger partial charge in [0.05, 0.1) is 0 Å². The molecule has 0 unspecified atom stereocenters. The lowest BCUT2D eigenvalue weighted by Gasteiger charge is -2.24. The topological polar surface area (TPSA) is 84.7 Å². The van der Waals surface area contributed by atoms with E-state index in [1.807, 2.05) is 20.8 Å². The first-order valence-corrected chi connectivity index (χ1v) is 6.79. The van der Waals surface area contributed by atoms with Gasteiger partial charge in [0.2, 0.25) is 5.91 Å². The van der Waals surface area contributed by atoms with Gasteiger partial charge in [0.25, 0.3) is 0 Å². The molecule has 0 saturated carbocycles. The first-order valence-electron chi connectivity index (χ1n) is 6.79. The Labute approximate surface area is 114 Å². The van der Waals surface area contributed by atoms with Crippen LogP contribution in [0.3, 0.4) is 0 Å². The lowest BCUT2D eigenvalue weighted by molar-refractivity contribution is -0.121. The lowest BCUT2D eigenvalue weighted by Crippen LogP contribution is -2.40. The number of carbonyl (C=O) groups excluding carboxylic acids is 2. The normalized spacial score (nSPS) is 19.4. The second-order valence-corrected chi connectivity index (χ2v) is 5.87. The molecule has 0 aromatic rings. The Bertz CT molecular complexity index is 326. The fraction of sp³-hybridized carbons (Fsp3) is 0.846. The number of likely N-dealkylation sites (tertiary alicyclic amines) is 1. The molecule has 0 aromatic carbocycles. The Morgan fingerprint density at radius 2 is 2.11 bits per heavy atom. The van der Waals surface area contributed by atoms with E-state index in [1.54, 1.807) is 4.90 Å². The van der Waals surface area contributed by atoms with Crippen LogP contribution in [-0.4, -0.2) is 48.2 Å². The van der Waals surface area contributed by atoms with Crippen molar-refractivity contribution >= 4 is 12.0 Å². The fourth-order valence-corrected chi connectivity index (χ4v) is 1.93. The van der Waals surface area contributed by atoms with Crippen LogP contribution in [0, 0.1) is 0 Å². The van der Waals surface area contributed by atoms with Crippen LogP contribution in [0.2, 0.25) is 0 Å². The third kappa shape index (κ3) is 5.92. The summed E-state index contributed by atoms with van der Waals surface area (Å²) in [6, 6.07) is 0.0257. The Hall–Kier alpha value is -1.30. The predicted molar refractivity (Wildman–Crippen MR) is 72.6 cm³/mol. The van der Waals surface area contributed by atoms with Gasteiger partial charge >= 0.3 is 6.09 Å². The van der Waals surface area contributed by atoms with Crippen molar-refractivity contribution < 1.29 is 14.3 Å². The van der Waals surface area contributed by atoms with Crippen LogP contribution in [0.25, 0.3) is 0 Å². The number of amides is 2. The van der Waals surface area contributed by atoms with Crippen molar-refractivity contribution in [2.75, 3.05) is 19.6 Å². The van der Waals surface area contributed by atoms with Gasteiger partial charge in [-0.15, -0.1) is 0 Å². The summed E-state index contributed by atoms with van der Waals surface area (Å²) in [5, 5.41) is 2.92. The van der Waals surface area contributed by atoms with Crippen molar-refractivity contribution in [1.82, 2.24) is 10.2 Å². The molecule has 1 fully saturated rings. The minimum Gasteiger partial charge on any atom is -0.444 e. The van der Waals surface area contributed by atoms with E-state index in [0.717, 1.165) is 6.42 Å². The minimum absolute atomic E-state index is 0.00138. The average Bonchev–Trinajstić information content (AvgIpc) is 2.72. The Morgan fingerprint density at radius 1 is 1.42 bits per heavy atom. The quantitative estimate of drug-likeness (QED) is 0.794. The minimum atomic E-state index is -0.487. The van der Waals surface area contributed by atoms with Gasteiger partial charge in [-0.05, 0) is 40.2 Å². The third-order valence-electron chi connectivity index (χ3n) is 2.81. The van der Waals surface area contributed by atoms with Gasteiger partial charge in [0, 0.05) is 25.6 Å². The maximum Gasteiger partial charge on any atom is 0.410 e. The van der Waals surface area contributed by atoms with Gasteiger partial charge in [-0.3, -0.25) is 4.79 Å². The summed E-state index contributed by atoms with van der Waals surface area (Å²) in [6.07, 6.45) is 1.59. The molecule has 6 nitrogen and oxygen atoms in total. The van der Waals surface area contributed by atoms with Crippen LogP contribution >= 0.6 is 0 Å². The van der Waals surface area contributed by atoms with E-state index in [1.165, 1.54) is 0 Å². The summed E-state index contributed by atoms with van der Waals surface area (Å²) >= 11 is 0. The largest absolute Gasteiger partial charge is 0.444 e. The van der Waals surface area contributed by atoms with Gasteiger partial charge in [-0.2, -0.15) is 0 Å². The first kappa shape index (κ1) is 15.8. The van der Waals surface area contributed by atoms with E-state index in [0.29, 0.717) is 32.5 Å². The third-order valence-corrected chi connectivity index (χ3v) is 2.81. The molecule has 0 bridgehead atoms. The SMILES string of the molecule is CC(C)(C)OC(=O)N1CC[C@H](NC(=O)CCCN)C1. The zero-order chi connectivity index (χ0) is 14.5. The van der Waals surface area contributed by atoms with Crippen molar-refractivity contribution in [1.29, 1.82) is 0 Å². The number of rotatable bonds is 4. The molecule has 0 aromatic heterocycles. The number of nitrogens with two attached hydrogens (primary N) is 1. The van der Waals surface area contributed by atoms with Gasteiger partial charge in [0.1, 0.15) is 5.60 Å². The summed E-state index contributed by atoms with van der Waals surface area (Å²) in [7, 11) is 0. The van der Waals surface area contributed by atoms with E-state index >= 15 is 0 Å². The Morgan fingerprint density at radius 3 is 2.68 bits per heavy atom. The van der Waals surface area contributed by atoms with E-state index in [2.05, 4.69) is 5.32 Å². The standard InChI is InChI=1S/C13H25N3O3/c1-13(2,3)19-12(18)16-8-6-10(9-16)15-11(17)5-4-7-14/h10H,4-9,14H2,1-3H3,(H,15,17)/t10-/m0/s1. The van der Waals surface area contributed by atoms with Crippen LogP contribution in [-0.2, 0) is 9.53 Å². The molecule has 6 heteroatoms. The van der Waals surface area contributed by atoms with E-state index in [-0.39, 0.29) is 18.0 Å². The molecular weight excluding hydrogens is 246 g/mol. The van der Waals surface area contributed by atoms with Crippen molar-refractivity contribution in [2.24, 2.45) is 5.73 Å². The summed E-state index contributed by atoms with van der Waals surface area (Å²) < 4.78 is 5.30. The molecule has 1 aliphatic rings. The second kappa shape index (κ2) is 6.75. The molecule has 0 spiro atoms. The molecule has 2 amide bonds. The predicted octanol–water partition coefficient (Wildman–Crippen LogP) is 0.851. The van der Waals surface area contributed by atoms with Crippen molar-refractivity contribution in [3.05, 3.63) is 0 Å². The van der Waals surface area contributed by atoms with Crippen molar-refractivity contribution in [3.63, 3.8) is 0 Å². The highest BCUT2D eigenvalue weighted by atomic mass is 16.6. The van der Waals surface area contributed by atoms with E-state index in [9.17, 15) is 9.59 Å². The zero-order valence-corrected chi connectivity index (χ0v) is 12.1. The monoisotopic (exact) mass is 271 g/mol. The number of carbonyl (C=O) groups is 2. The second-order valence-electron chi connectivity index (χ2n) is 5.87. The molecular formula is C13H25N3O3. The molecule has 1 atom stereocenters. The van der Waals surface area contributed by atoms with Crippen molar-refractivity contribution in [2.45, 2.75) is 51.7 Å². The summed E-state index contributed by atoms with van der Waals surface area (Å²) in [5.74, 6) is 0.00138.